The SMILES string of the molecule is C[C@@H](C(=O)Nc1ccccc1[N+](=O)[O-])N1CC=C(c2ccccc2)CC1. The van der Waals surface area contributed by atoms with Crippen molar-refractivity contribution >= 4 is 22.9 Å². The van der Waals surface area contributed by atoms with Crippen LogP contribution in [0.2, 0.25) is 0 Å². The van der Waals surface area contributed by atoms with Crippen molar-refractivity contribution in [3.8, 4) is 0 Å². The van der Waals surface area contributed by atoms with Crippen LogP contribution in [0.1, 0.15) is 18.9 Å². The van der Waals surface area contributed by atoms with E-state index in [0.29, 0.717) is 6.54 Å². The van der Waals surface area contributed by atoms with Gasteiger partial charge in [0.15, 0.2) is 0 Å². The zero-order valence-electron chi connectivity index (χ0n) is 14.6. The van der Waals surface area contributed by atoms with Gasteiger partial charge in [-0.25, -0.2) is 0 Å². The first kappa shape index (κ1) is 17.8. The zero-order valence-corrected chi connectivity index (χ0v) is 14.6. The third-order valence-corrected chi connectivity index (χ3v) is 4.67. The van der Waals surface area contributed by atoms with E-state index in [1.165, 1.54) is 17.2 Å². The highest BCUT2D eigenvalue weighted by Crippen LogP contribution is 2.25. The smallest absolute Gasteiger partial charge is 0.292 e. The molecule has 1 amide bonds. The second-order valence-electron chi connectivity index (χ2n) is 6.28. The molecule has 2 aromatic rings. The molecule has 6 nitrogen and oxygen atoms in total. The molecule has 0 unspecified atom stereocenters. The van der Waals surface area contributed by atoms with Crippen molar-refractivity contribution in [1.82, 2.24) is 4.90 Å². The highest BCUT2D eigenvalue weighted by molar-refractivity contribution is 5.96. The summed E-state index contributed by atoms with van der Waals surface area (Å²) in [6.45, 7) is 3.27. The summed E-state index contributed by atoms with van der Waals surface area (Å²) in [5.74, 6) is -0.240. The fourth-order valence-corrected chi connectivity index (χ4v) is 3.09. The molecule has 0 aromatic heterocycles. The fraction of sp³-hybridized carbons (Fsp3) is 0.250. The summed E-state index contributed by atoms with van der Waals surface area (Å²) in [4.78, 5) is 25.2. The number of hydrogen-bond acceptors (Lipinski definition) is 4. The average molecular weight is 351 g/mol. The highest BCUT2D eigenvalue weighted by Gasteiger charge is 2.25. The Balaban J connectivity index is 1.65. The number of nitrogens with zero attached hydrogens (tertiary/aromatic N) is 2. The Morgan fingerprint density at radius 3 is 2.50 bits per heavy atom. The quantitative estimate of drug-likeness (QED) is 0.658. The van der Waals surface area contributed by atoms with Gasteiger partial charge in [0.2, 0.25) is 5.91 Å². The minimum absolute atomic E-state index is 0.0991. The molecule has 0 saturated heterocycles. The zero-order chi connectivity index (χ0) is 18.5. The van der Waals surface area contributed by atoms with E-state index in [1.807, 2.05) is 25.1 Å². The normalized spacial score (nSPS) is 15.8. The molecule has 2 aromatic carbocycles. The van der Waals surface area contributed by atoms with Gasteiger partial charge in [-0.05, 0) is 30.5 Å². The predicted molar refractivity (Wildman–Crippen MR) is 102 cm³/mol. The molecule has 0 aliphatic carbocycles. The van der Waals surface area contributed by atoms with Gasteiger partial charge in [0.25, 0.3) is 5.69 Å². The van der Waals surface area contributed by atoms with Crippen LogP contribution in [0.3, 0.4) is 0 Å². The largest absolute Gasteiger partial charge is 0.319 e. The van der Waals surface area contributed by atoms with Gasteiger partial charge in [-0.15, -0.1) is 0 Å². The van der Waals surface area contributed by atoms with E-state index in [0.717, 1.165) is 13.0 Å². The third-order valence-electron chi connectivity index (χ3n) is 4.67. The number of hydrogen-bond donors (Lipinski definition) is 1. The van der Waals surface area contributed by atoms with E-state index in [-0.39, 0.29) is 23.3 Å². The molecule has 0 spiro atoms. The Labute approximate surface area is 152 Å². The summed E-state index contributed by atoms with van der Waals surface area (Å²) in [7, 11) is 0. The van der Waals surface area contributed by atoms with E-state index in [1.54, 1.807) is 18.2 Å². The molecule has 1 heterocycles. The first-order valence-electron chi connectivity index (χ1n) is 8.59. The van der Waals surface area contributed by atoms with Gasteiger partial charge in [0.1, 0.15) is 5.69 Å². The molecular formula is C20H21N3O3. The first-order valence-corrected chi connectivity index (χ1v) is 8.59. The first-order chi connectivity index (χ1) is 12.6. The van der Waals surface area contributed by atoms with Gasteiger partial charge in [0, 0.05) is 19.2 Å². The van der Waals surface area contributed by atoms with Gasteiger partial charge < -0.3 is 5.32 Å². The van der Waals surface area contributed by atoms with Gasteiger partial charge in [-0.2, -0.15) is 0 Å². The van der Waals surface area contributed by atoms with E-state index in [2.05, 4.69) is 28.4 Å². The van der Waals surface area contributed by atoms with Crippen LogP contribution in [-0.4, -0.2) is 34.9 Å². The van der Waals surface area contributed by atoms with Gasteiger partial charge in [-0.3, -0.25) is 19.8 Å². The minimum atomic E-state index is -0.490. The summed E-state index contributed by atoms with van der Waals surface area (Å²) in [5.41, 5.74) is 2.63. The molecule has 0 bridgehead atoms. The van der Waals surface area contributed by atoms with E-state index in [4.69, 9.17) is 0 Å². The molecule has 3 rings (SSSR count). The van der Waals surface area contributed by atoms with E-state index >= 15 is 0 Å². The number of benzene rings is 2. The molecule has 0 fully saturated rings. The summed E-state index contributed by atoms with van der Waals surface area (Å²) in [5, 5.41) is 13.8. The van der Waals surface area contributed by atoms with Crippen LogP contribution in [0, 0.1) is 10.1 Å². The number of para-hydroxylation sites is 2. The Hall–Kier alpha value is -2.99. The molecule has 134 valence electrons. The number of carbonyl (C=O) groups excluding carboxylic acids is 1. The molecule has 0 saturated carbocycles. The molecule has 1 atom stereocenters. The predicted octanol–water partition coefficient (Wildman–Crippen LogP) is 3.71. The van der Waals surface area contributed by atoms with Crippen LogP contribution in [0.25, 0.3) is 5.57 Å². The maximum Gasteiger partial charge on any atom is 0.292 e. The van der Waals surface area contributed by atoms with Crippen molar-refractivity contribution in [3.63, 3.8) is 0 Å². The maximum atomic E-state index is 12.5. The van der Waals surface area contributed by atoms with Crippen LogP contribution in [0.4, 0.5) is 11.4 Å². The topological polar surface area (TPSA) is 75.5 Å². The molecule has 0 radical (unpaired) electrons. The number of anilines is 1. The number of nitro benzene ring substituents is 1. The summed E-state index contributed by atoms with van der Waals surface area (Å²) in [6, 6.07) is 16.0. The van der Waals surface area contributed by atoms with Gasteiger partial charge in [0.05, 0.1) is 11.0 Å². The van der Waals surface area contributed by atoms with E-state index in [9.17, 15) is 14.9 Å². The molecule has 1 N–H and O–H groups in total. The standard InChI is InChI=1S/C20H21N3O3/c1-15(20(24)21-18-9-5-6-10-19(18)23(25)26)22-13-11-17(12-14-22)16-7-3-2-4-8-16/h2-11,15H,12-14H2,1H3,(H,21,24)/t15-/m0/s1. The monoisotopic (exact) mass is 351 g/mol. The van der Waals surface area contributed by atoms with Crippen molar-refractivity contribution in [2.24, 2.45) is 0 Å². The lowest BCUT2D eigenvalue weighted by molar-refractivity contribution is -0.383. The van der Waals surface area contributed by atoms with Crippen LogP contribution in [0.15, 0.2) is 60.7 Å². The number of carbonyl (C=O) groups is 1. The lowest BCUT2D eigenvalue weighted by Crippen LogP contribution is -2.44. The van der Waals surface area contributed by atoms with Crippen molar-refractivity contribution in [2.75, 3.05) is 18.4 Å². The number of nitrogens with one attached hydrogen (secondary N) is 1. The molecule has 1 aliphatic heterocycles. The number of nitro groups is 1. The van der Waals surface area contributed by atoms with Crippen LogP contribution in [0.5, 0.6) is 0 Å². The van der Waals surface area contributed by atoms with Crippen LogP contribution < -0.4 is 5.32 Å². The van der Waals surface area contributed by atoms with Crippen molar-refractivity contribution in [1.29, 1.82) is 0 Å². The molecule has 6 heteroatoms. The Kier molecular flexibility index (Phi) is 5.43. The maximum absolute atomic E-state index is 12.5. The molecule has 26 heavy (non-hydrogen) atoms. The Morgan fingerprint density at radius 2 is 1.85 bits per heavy atom. The number of amides is 1. The van der Waals surface area contributed by atoms with E-state index < -0.39 is 4.92 Å². The van der Waals surface area contributed by atoms with Crippen molar-refractivity contribution in [3.05, 3.63) is 76.4 Å². The van der Waals surface area contributed by atoms with Gasteiger partial charge in [-0.1, -0.05) is 48.5 Å². The van der Waals surface area contributed by atoms with Crippen molar-refractivity contribution < 1.29 is 9.72 Å². The van der Waals surface area contributed by atoms with Crippen LogP contribution in [-0.2, 0) is 4.79 Å². The van der Waals surface area contributed by atoms with Crippen LogP contribution >= 0.6 is 0 Å². The third kappa shape index (κ3) is 3.97. The lowest BCUT2D eigenvalue weighted by Gasteiger charge is -2.31. The summed E-state index contributed by atoms with van der Waals surface area (Å²) < 4.78 is 0. The number of rotatable bonds is 5. The Bertz CT molecular complexity index is 833. The summed E-state index contributed by atoms with van der Waals surface area (Å²) >= 11 is 0. The second kappa shape index (κ2) is 7.93. The lowest BCUT2D eigenvalue weighted by atomic mass is 9.99. The summed E-state index contributed by atoms with van der Waals surface area (Å²) in [6.07, 6.45) is 3.01. The van der Waals surface area contributed by atoms with Crippen molar-refractivity contribution in [2.45, 2.75) is 19.4 Å². The fourth-order valence-electron chi connectivity index (χ4n) is 3.09. The average Bonchev–Trinajstić information content (AvgIpc) is 2.68. The highest BCUT2D eigenvalue weighted by atomic mass is 16.6. The molecular weight excluding hydrogens is 330 g/mol. The Morgan fingerprint density at radius 1 is 1.15 bits per heavy atom. The van der Waals surface area contributed by atoms with Gasteiger partial charge >= 0.3 is 0 Å². The molecule has 1 aliphatic rings. The second-order valence-corrected chi connectivity index (χ2v) is 6.28. The minimum Gasteiger partial charge on any atom is -0.319 e.